The molecule has 0 amide bonds. The maximum atomic E-state index is 10.6. The van der Waals surface area contributed by atoms with Gasteiger partial charge in [0.1, 0.15) is 5.75 Å². The number of ether oxygens (including phenoxy) is 1. The average molecular weight is 423 g/mol. The van der Waals surface area contributed by atoms with Crippen LogP contribution in [0.3, 0.4) is 0 Å². The Bertz CT molecular complexity index is 975. The molecule has 0 aliphatic rings. The first kappa shape index (κ1) is 15.8. The largest absolute Gasteiger partial charge is 0.508 e. The Morgan fingerprint density at radius 2 is 1.80 bits per heavy atom. The molecule has 0 fully saturated rings. The van der Waals surface area contributed by atoms with E-state index in [1.165, 1.54) is 0 Å². The number of aromatic hydroxyl groups is 1. The molecular formula is C25H37NO4. The molecule has 0 saturated carbocycles. The summed E-state index contributed by atoms with van der Waals surface area (Å²) in [4.78, 5) is 0. The van der Waals surface area contributed by atoms with Crippen LogP contribution in [0.5, 0.6) is 5.75 Å². The standard InChI is InChI=1S/C25H37NO4/c27-20-23-18-22(13-14-24(23)28)25(29)19-26-15-7-1-2-8-16-30-17-9-6-12-21-10-4-3-5-11-21/h3-5,10-11,13-14,18,25-29H,1-2,6-9,12,15-17,19-20H2/i15D2,17D2,19D2,25D. The first-order valence-electron chi connectivity index (χ1n) is 13.8. The van der Waals surface area contributed by atoms with Crippen molar-refractivity contribution < 1.29 is 29.7 Å². The van der Waals surface area contributed by atoms with Gasteiger partial charge >= 0.3 is 0 Å². The Hall–Kier alpha value is -1.92. The SMILES string of the molecule is [2H]C([2H])(CCCCCOC([2H])([2H])CCCc1ccccc1)NC([2H])([2H])C([2H])(O)c1ccc(O)c(CO)c1. The van der Waals surface area contributed by atoms with Crippen LogP contribution in [-0.2, 0) is 17.8 Å². The van der Waals surface area contributed by atoms with Gasteiger partial charge in [0.05, 0.1) is 16.8 Å². The van der Waals surface area contributed by atoms with Crippen molar-refractivity contribution in [2.45, 2.75) is 57.6 Å². The summed E-state index contributed by atoms with van der Waals surface area (Å²) in [7, 11) is 0. The van der Waals surface area contributed by atoms with E-state index in [1.807, 2.05) is 30.3 Å². The molecule has 0 radical (unpaired) electrons. The molecule has 5 nitrogen and oxygen atoms in total. The van der Waals surface area contributed by atoms with Crippen LogP contribution in [0.4, 0.5) is 0 Å². The molecule has 2 aromatic carbocycles. The first-order chi connectivity index (χ1) is 17.2. The molecule has 4 N–H and O–H groups in total. The van der Waals surface area contributed by atoms with Crippen LogP contribution in [0.15, 0.2) is 48.5 Å². The Morgan fingerprint density at radius 1 is 1.00 bits per heavy atom. The van der Waals surface area contributed by atoms with E-state index in [0.717, 1.165) is 30.2 Å². The van der Waals surface area contributed by atoms with Gasteiger partial charge in [-0.2, -0.15) is 0 Å². The number of hydrogen-bond acceptors (Lipinski definition) is 5. The maximum Gasteiger partial charge on any atom is 0.121 e. The van der Waals surface area contributed by atoms with Crippen molar-refractivity contribution in [1.29, 1.82) is 0 Å². The second kappa shape index (κ2) is 15.0. The number of rotatable bonds is 16. The molecule has 0 aliphatic heterocycles. The van der Waals surface area contributed by atoms with Gasteiger partial charge in [0.25, 0.3) is 0 Å². The van der Waals surface area contributed by atoms with Gasteiger partial charge in [-0.3, -0.25) is 0 Å². The van der Waals surface area contributed by atoms with Crippen molar-refractivity contribution >= 4 is 0 Å². The molecule has 1 atom stereocenters. The van der Waals surface area contributed by atoms with Gasteiger partial charge in [0, 0.05) is 30.7 Å². The quantitative estimate of drug-likeness (QED) is 0.306. The van der Waals surface area contributed by atoms with E-state index in [1.54, 1.807) is 0 Å². The lowest BCUT2D eigenvalue weighted by Gasteiger charge is -2.14. The summed E-state index contributed by atoms with van der Waals surface area (Å²) in [6.07, 6.45) is 0.0397. The van der Waals surface area contributed by atoms with Crippen LogP contribution in [0, 0.1) is 0 Å². The van der Waals surface area contributed by atoms with Crippen molar-refractivity contribution in [2.75, 3.05) is 26.2 Å². The predicted molar refractivity (Wildman–Crippen MR) is 121 cm³/mol. The summed E-state index contributed by atoms with van der Waals surface area (Å²) in [5, 5.41) is 31.6. The Balaban J connectivity index is 1.75. The van der Waals surface area contributed by atoms with Gasteiger partial charge in [-0.05, 0) is 61.9 Å². The Kier molecular flexibility index (Phi) is 7.89. The summed E-state index contributed by atoms with van der Waals surface area (Å²) < 4.78 is 62.0. The van der Waals surface area contributed by atoms with E-state index in [-0.39, 0.29) is 36.3 Å². The molecular weight excluding hydrogens is 378 g/mol. The van der Waals surface area contributed by atoms with Crippen molar-refractivity contribution in [2.24, 2.45) is 0 Å². The highest BCUT2D eigenvalue weighted by Gasteiger charge is 2.09. The number of aliphatic hydroxyl groups excluding tert-OH is 1. The minimum atomic E-state index is -2.90. The van der Waals surface area contributed by atoms with Crippen LogP contribution >= 0.6 is 0 Å². The number of unbranched alkanes of at least 4 members (excludes halogenated alkanes) is 2. The zero-order valence-corrected chi connectivity index (χ0v) is 17.2. The second-order valence-corrected chi connectivity index (χ2v) is 6.92. The fourth-order valence-corrected chi connectivity index (χ4v) is 2.82. The van der Waals surface area contributed by atoms with E-state index in [9.17, 15) is 15.3 Å². The van der Waals surface area contributed by atoms with Crippen molar-refractivity contribution in [1.82, 2.24) is 5.32 Å². The summed E-state index contributed by atoms with van der Waals surface area (Å²) in [6, 6.07) is 13.2. The highest BCUT2D eigenvalue weighted by Crippen LogP contribution is 2.22. The lowest BCUT2D eigenvalue weighted by Crippen LogP contribution is -2.22. The van der Waals surface area contributed by atoms with Crippen LogP contribution in [0.1, 0.15) is 70.9 Å². The van der Waals surface area contributed by atoms with Crippen LogP contribution in [-0.4, -0.2) is 41.5 Å². The van der Waals surface area contributed by atoms with Gasteiger partial charge in [-0.25, -0.2) is 0 Å². The molecule has 2 rings (SSSR count). The topological polar surface area (TPSA) is 82.0 Å². The molecule has 0 saturated heterocycles. The molecule has 0 aliphatic carbocycles. The van der Waals surface area contributed by atoms with Crippen molar-refractivity contribution in [3.8, 4) is 5.75 Å². The molecule has 5 heteroatoms. The van der Waals surface area contributed by atoms with Crippen molar-refractivity contribution in [3.05, 3.63) is 65.2 Å². The van der Waals surface area contributed by atoms with Crippen LogP contribution < -0.4 is 5.32 Å². The molecule has 1 unspecified atom stereocenters. The fraction of sp³-hybridized carbons (Fsp3) is 0.520. The maximum absolute atomic E-state index is 10.6. The Labute approximate surface area is 190 Å². The highest BCUT2D eigenvalue weighted by molar-refractivity contribution is 5.36. The summed E-state index contributed by atoms with van der Waals surface area (Å²) in [5.74, 6) is -0.268. The van der Waals surface area contributed by atoms with Crippen molar-refractivity contribution in [3.63, 3.8) is 0 Å². The highest BCUT2D eigenvalue weighted by atomic mass is 16.5. The number of hydrogen-bond donors (Lipinski definition) is 4. The first-order valence-corrected chi connectivity index (χ1v) is 10.3. The van der Waals surface area contributed by atoms with Gasteiger partial charge in [0.2, 0.25) is 0 Å². The zero-order chi connectivity index (χ0) is 27.7. The van der Waals surface area contributed by atoms with E-state index in [2.05, 4.69) is 5.32 Å². The van der Waals surface area contributed by atoms with E-state index in [4.69, 9.17) is 14.3 Å². The summed E-state index contributed by atoms with van der Waals surface area (Å²) in [6.45, 7) is -7.30. The molecule has 30 heavy (non-hydrogen) atoms. The van der Waals surface area contributed by atoms with Gasteiger partial charge < -0.3 is 25.4 Å². The zero-order valence-electron chi connectivity index (χ0n) is 24.2. The number of aryl methyl sites for hydroxylation is 1. The third-order valence-corrected chi connectivity index (χ3v) is 4.53. The minimum Gasteiger partial charge on any atom is -0.508 e. The molecule has 0 aromatic heterocycles. The number of nitrogens with one attached hydrogen (secondary N) is 1. The molecule has 0 spiro atoms. The molecule has 2 aromatic rings. The second-order valence-electron chi connectivity index (χ2n) is 6.92. The van der Waals surface area contributed by atoms with Gasteiger partial charge in [-0.1, -0.05) is 49.2 Å². The van der Waals surface area contributed by atoms with E-state index < -0.39 is 32.2 Å². The van der Waals surface area contributed by atoms with E-state index in [0.29, 0.717) is 25.7 Å². The van der Waals surface area contributed by atoms with Crippen LogP contribution in [0.25, 0.3) is 0 Å². The third kappa shape index (κ3) is 9.72. The normalized spacial score (nSPS) is 18.1. The molecule has 0 heterocycles. The van der Waals surface area contributed by atoms with Crippen LogP contribution in [0.2, 0.25) is 0 Å². The third-order valence-electron chi connectivity index (χ3n) is 4.53. The summed E-state index contributed by atoms with van der Waals surface area (Å²) >= 11 is 0. The number of phenols is 1. The smallest absolute Gasteiger partial charge is 0.121 e. The van der Waals surface area contributed by atoms with Gasteiger partial charge in [0.15, 0.2) is 0 Å². The lowest BCUT2D eigenvalue weighted by atomic mass is 10.1. The minimum absolute atomic E-state index is 0.00442. The lowest BCUT2D eigenvalue weighted by molar-refractivity contribution is 0.126. The average Bonchev–Trinajstić information content (AvgIpc) is 2.81. The molecule has 0 bridgehead atoms. The number of benzene rings is 2. The number of aliphatic hydroxyl groups is 2. The molecule has 166 valence electrons. The summed E-state index contributed by atoms with van der Waals surface area (Å²) in [5.41, 5.74) is 0.898. The Morgan fingerprint density at radius 3 is 2.60 bits per heavy atom. The van der Waals surface area contributed by atoms with E-state index >= 15 is 0 Å². The monoisotopic (exact) mass is 422 g/mol. The fourth-order valence-electron chi connectivity index (χ4n) is 2.82. The van der Waals surface area contributed by atoms with Gasteiger partial charge in [-0.15, -0.1) is 0 Å². The predicted octanol–water partition coefficient (Wildman–Crippen LogP) is 4.11.